The number of hydrogen-bond donors (Lipinski definition) is 0. The fraction of sp³-hybridized carbons (Fsp3) is 0.455. The molecule has 4 heteroatoms. The fourth-order valence-electron chi connectivity index (χ4n) is 1.11. The van der Waals surface area contributed by atoms with Crippen LogP contribution in [0.15, 0.2) is 16.8 Å². The van der Waals surface area contributed by atoms with Crippen LogP contribution in [0, 0.1) is 13.8 Å². The van der Waals surface area contributed by atoms with E-state index < -0.39 is 0 Å². The minimum absolute atomic E-state index is 0. The minimum Gasteiger partial charge on any atom is -0.412 e. The summed E-state index contributed by atoms with van der Waals surface area (Å²) in [5.41, 5.74) is 3.94. The van der Waals surface area contributed by atoms with Gasteiger partial charge in [0.25, 0.3) is 0 Å². The Morgan fingerprint density at radius 2 is 1.33 bits per heavy atom. The van der Waals surface area contributed by atoms with Gasteiger partial charge in [-0.3, -0.25) is 0 Å². The lowest BCUT2D eigenvalue weighted by Crippen LogP contribution is -1.79. The fourth-order valence-corrected chi connectivity index (χ4v) is 1.11. The van der Waals surface area contributed by atoms with Crippen LogP contribution in [0.1, 0.15) is 31.4 Å². The molecule has 0 aliphatic heterocycles. The zero-order chi connectivity index (χ0) is 10.6. The molecule has 0 saturated heterocycles. The second-order valence-electron chi connectivity index (χ2n) is 3.37. The van der Waals surface area contributed by atoms with Gasteiger partial charge in [-0.05, 0) is 35.3 Å². The summed E-state index contributed by atoms with van der Waals surface area (Å²) in [6.45, 7) is 8.23. The molecule has 0 aliphatic rings. The van der Waals surface area contributed by atoms with Crippen LogP contribution in [0.3, 0.4) is 0 Å². The van der Waals surface area contributed by atoms with Gasteiger partial charge >= 0.3 is 0 Å². The number of hydrogen-bond acceptors (Lipinski definition) is 3. The van der Waals surface area contributed by atoms with Crippen LogP contribution in [0.25, 0.3) is 11.0 Å². The van der Waals surface area contributed by atoms with Crippen molar-refractivity contribution in [3.05, 3.63) is 23.3 Å². The highest BCUT2D eigenvalue weighted by atomic mass is 16.6. The van der Waals surface area contributed by atoms with Gasteiger partial charge in [0, 0.05) is 0 Å². The molecule has 0 bridgehead atoms. The molecule has 0 saturated carbocycles. The van der Waals surface area contributed by atoms with Crippen LogP contribution in [0.5, 0.6) is 0 Å². The van der Waals surface area contributed by atoms with E-state index in [9.17, 15) is 0 Å². The van der Waals surface area contributed by atoms with Gasteiger partial charge in [-0.1, -0.05) is 32.4 Å². The Bertz CT molecular complexity index is 374. The highest BCUT2D eigenvalue weighted by Crippen LogP contribution is 2.17. The van der Waals surface area contributed by atoms with Crippen LogP contribution in [-0.4, -0.2) is 15.8 Å². The van der Waals surface area contributed by atoms with Crippen molar-refractivity contribution >= 4 is 11.0 Å². The zero-order valence-corrected chi connectivity index (χ0v) is 9.66. The highest BCUT2D eigenvalue weighted by Gasteiger charge is 2.04. The summed E-state index contributed by atoms with van der Waals surface area (Å²) in [6.07, 6.45) is 1.25. The van der Waals surface area contributed by atoms with E-state index in [0.717, 1.165) is 22.2 Å². The Labute approximate surface area is 89.6 Å². The molecular weight excluding hydrogens is 192 g/mol. The molecule has 15 heavy (non-hydrogen) atoms. The summed E-state index contributed by atoms with van der Waals surface area (Å²) in [6, 6.07) is 4.03. The highest BCUT2D eigenvalue weighted by molar-refractivity contribution is 5.79. The quantitative estimate of drug-likeness (QED) is 0.670. The average molecular weight is 210 g/mol. The maximum atomic E-state index is 4.63. The smallest absolute Gasteiger partial charge is 0.138 e. The first-order valence-corrected chi connectivity index (χ1v) is 4.89. The van der Waals surface area contributed by atoms with E-state index in [2.05, 4.69) is 28.8 Å². The van der Waals surface area contributed by atoms with E-state index in [1.54, 1.807) is 0 Å². The van der Waals surface area contributed by atoms with Gasteiger partial charge in [0.2, 0.25) is 0 Å². The van der Waals surface area contributed by atoms with Crippen molar-refractivity contribution in [3.63, 3.8) is 0 Å². The largest absolute Gasteiger partial charge is 0.412 e. The zero-order valence-electron chi connectivity index (χ0n) is 9.66. The van der Waals surface area contributed by atoms with Crippen LogP contribution >= 0.6 is 0 Å². The monoisotopic (exact) mass is 210 g/mol. The van der Waals surface area contributed by atoms with Gasteiger partial charge in [0.1, 0.15) is 11.0 Å². The van der Waals surface area contributed by atoms with E-state index >= 15 is 0 Å². The summed E-state index contributed by atoms with van der Waals surface area (Å²) < 4.78 is 4.63. The molecule has 1 aromatic carbocycles. The van der Waals surface area contributed by atoms with Crippen molar-refractivity contribution in [1.82, 2.24) is 10.3 Å². The molecule has 0 atom stereocenters. The maximum absolute atomic E-state index is 4.63. The van der Waals surface area contributed by atoms with Gasteiger partial charge in [-0.15, -0.1) is 0 Å². The summed E-state index contributed by atoms with van der Waals surface area (Å²) in [5, 5.41) is 7.59. The van der Waals surface area contributed by atoms with E-state index in [1.807, 2.05) is 26.0 Å². The van der Waals surface area contributed by atoms with Crippen LogP contribution in [0.2, 0.25) is 0 Å². The SMILES string of the molecule is CCC.Cc1ccc(C)c2nonc12.O. The molecule has 4 nitrogen and oxygen atoms in total. The van der Waals surface area contributed by atoms with Gasteiger partial charge in [-0.2, -0.15) is 0 Å². The Hall–Kier alpha value is -1.42. The number of nitrogens with zero attached hydrogens (tertiary/aromatic N) is 2. The van der Waals surface area contributed by atoms with E-state index in [1.165, 1.54) is 6.42 Å². The Morgan fingerprint density at radius 3 is 1.67 bits per heavy atom. The van der Waals surface area contributed by atoms with E-state index in [0.29, 0.717) is 0 Å². The second-order valence-corrected chi connectivity index (χ2v) is 3.37. The van der Waals surface area contributed by atoms with Gasteiger partial charge in [0.15, 0.2) is 0 Å². The summed E-state index contributed by atoms with van der Waals surface area (Å²) >= 11 is 0. The van der Waals surface area contributed by atoms with Gasteiger partial charge in [-0.25, -0.2) is 4.63 Å². The average Bonchev–Trinajstić information content (AvgIpc) is 2.62. The van der Waals surface area contributed by atoms with E-state index in [-0.39, 0.29) is 5.48 Å². The first-order valence-electron chi connectivity index (χ1n) is 4.89. The van der Waals surface area contributed by atoms with Crippen molar-refractivity contribution < 1.29 is 10.1 Å². The molecule has 0 radical (unpaired) electrons. The molecule has 2 rings (SSSR count). The molecule has 0 spiro atoms. The van der Waals surface area contributed by atoms with Crippen LogP contribution in [0.4, 0.5) is 0 Å². The molecule has 0 unspecified atom stereocenters. The third kappa shape index (κ3) is 3.02. The lowest BCUT2D eigenvalue weighted by Gasteiger charge is -1.93. The standard InChI is InChI=1S/C8H8N2O.C3H8.H2O/c1-5-3-4-6(2)8-7(5)9-11-10-8;1-3-2;/h3-4H,1-2H3;3H2,1-2H3;1H2. The molecular formula is C11H18N2O2. The van der Waals surface area contributed by atoms with Crippen molar-refractivity contribution in [2.24, 2.45) is 0 Å². The predicted octanol–water partition coefficient (Wildman–Crippen LogP) is 2.43. The van der Waals surface area contributed by atoms with E-state index in [4.69, 9.17) is 0 Å². The van der Waals surface area contributed by atoms with Gasteiger partial charge in [0.05, 0.1) is 0 Å². The molecule has 1 heterocycles. The Kier molecular flexibility index (Phi) is 5.56. The Morgan fingerprint density at radius 1 is 1.00 bits per heavy atom. The topological polar surface area (TPSA) is 70.4 Å². The number of aryl methyl sites for hydroxylation is 2. The van der Waals surface area contributed by atoms with Crippen molar-refractivity contribution in [2.45, 2.75) is 34.1 Å². The second kappa shape index (κ2) is 6.14. The van der Waals surface area contributed by atoms with Crippen LogP contribution in [-0.2, 0) is 0 Å². The lowest BCUT2D eigenvalue weighted by molar-refractivity contribution is 0.315. The molecule has 84 valence electrons. The molecule has 2 N–H and O–H groups in total. The lowest BCUT2D eigenvalue weighted by atomic mass is 10.1. The number of aromatic nitrogens is 2. The number of fused-ring (bicyclic) bond motifs is 1. The normalized spacial score (nSPS) is 9.07. The Balaban J connectivity index is 0.000000443. The molecule has 0 amide bonds. The molecule has 1 aromatic heterocycles. The molecule has 2 aromatic rings. The maximum Gasteiger partial charge on any atom is 0.138 e. The van der Waals surface area contributed by atoms with Crippen molar-refractivity contribution in [1.29, 1.82) is 0 Å². The van der Waals surface area contributed by atoms with Crippen molar-refractivity contribution in [3.8, 4) is 0 Å². The summed E-state index contributed by atoms with van der Waals surface area (Å²) in [5.74, 6) is 0. The minimum atomic E-state index is 0. The van der Waals surface area contributed by atoms with Crippen molar-refractivity contribution in [2.75, 3.05) is 0 Å². The number of benzene rings is 1. The van der Waals surface area contributed by atoms with Gasteiger partial charge < -0.3 is 5.48 Å². The third-order valence-corrected chi connectivity index (χ3v) is 1.82. The first-order chi connectivity index (χ1) is 6.70. The van der Waals surface area contributed by atoms with Crippen LogP contribution < -0.4 is 0 Å². The molecule has 0 aliphatic carbocycles. The number of rotatable bonds is 0. The first kappa shape index (κ1) is 13.6. The molecule has 0 fully saturated rings. The summed E-state index contributed by atoms with van der Waals surface area (Å²) in [4.78, 5) is 0. The summed E-state index contributed by atoms with van der Waals surface area (Å²) in [7, 11) is 0. The predicted molar refractivity (Wildman–Crippen MR) is 60.9 cm³/mol. The third-order valence-electron chi connectivity index (χ3n) is 1.82.